The fourth-order valence-electron chi connectivity index (χ4n) is 0. The topological polar surface area (TPSA) is 57.5 Å². The Kier molecular flexibility index (Phi) is 6.70. The van der Waals surface area contributed by atoms with Crippen LogP contribution in [-0.4, -0.2) is 33.4 Å². The van der Waals surface area contributed by atoms with Crippen LogP contribution in [0.1, 0.15) is 1.43 Å². The van der Waals surface area contributed by atoms with Gasteiger partial charge in [0.1, 0.15) is 0 Å². The number of rotatable bonds is 0. The van der Waals surface area contributed by atoms with Crippen molar-refractivity contribution in [3.8, 4) is 0 Å². The molecule has 0 aliphatic heterocycles. The molecule has 2 N–H and O–H groups in total. The van der Waals surface area contributed by atoms with Gasteiger partial charge in [-0.2, -0.15) is 0 Å². The van der Waals surface area contributed by atoms with E-state index in [0.717, 1.165) is 0 Å². The monoisotopic (exact) mass is 145 g/mol. The van der Waals surface area contributed by atoms with Gasteiger partial charge in [0, 0.05) is 0 Å². The molecule has 0 aliphatic carbocycles. The van der Waals surface area contributed by atoms with Crippen molar-refractivity contribution in [2.45, 2.75) is 0 Å². The third kappa shape index (κ3) is 274. The predicted octanol–water partition coefficient (Wildman–Crippen LogP) is -0.581. The maximum absolute atomic E-state index is 8.56. The van der Waals surface area contributed by atoms with Crippen LogP contribution < -0.4 is 0 Å². The molecule has 0 saturated heterocycles. The third-order valence-corrected chi connectivity index (χ3v) is 0. The van der Waals surface area contributed by atoms with Gasteiger partial charge in [-0.15, -0.1) is 0 Å². The van der Waals surface area contributed by atoms with Gasteiger partial charge in [-0.05, 0) is 0 Å². The summed E-state index contributed by atoms with van der Waals surface area (Å²) in [7, 11) is 0. The summed E-state index contributed by atoms with van der Waals surface area (Å²) < 4.78 is 0. The molecule has 0 aromatic rings. The van der Waals surface area contributed by atoms with E-state index in [1.54, 1.807) is 0 Å². The maximum atomic E-state index is 8.56. The number of hydrogen-bond donors (Lipinski definition) is 2. The van der Waals surface area contributed by atoms with Crippen LogP contribution in [0.3, 0.4) is 0 Å². The second kappa shape index (κ2) is 3.79. The summed E-state index contributed by atoms with van der Waals surface area (Å²) in [6, 6.07) is 0. The second-order valence-electron chi connectivity index (χ2n) is 0.283. The van der Waals surface area contributed by atoms with Crippen LogP contribution in [0.2, 0.25) is 0 Å². The Hall–Kier alpha value is -0.211. The quantitative estimate of drug-likeness (QED) is 0.447. The van der Waals surface area contributed by atoms with Crippen molar-refractivity contribution in [1.82, 2.24) is 0 Å². The van der Waals surface area contributed by atoms with Gasteiger partial charge in [-0.1, -0.05) is 0 Å². The van der Waals surface area contributed by atoms with Gasteiger partial charge >= 0.3 is 24.7 Å². The SMILES string of the molecule is O=C(O)O.[H+].[SeH2]. The van der Waals surface area contributed by atoms with Crippen LogP contribution in [0.15, 0.2) is 0 Å². The molecule has 0 amide bonds. The van der Waals surface area contributed by atoms with Crippen molar-refractivity contribution in [3.63, 3.8) is 0 Å². The Morgan fingerprint density at radius 3 is 1.60 bits per heavy atom. The minimum absolute atomic E-state index is 0. The summed E-state index contributed by atoms with van der Waals surface area (Å²) in [6.45, 7) is 0. The number of carbonyl (C=O) groups is 1. The van der Waals surface area contributed by atoms with E-state index in [1.165, 1.54) is 0 Å². The van der Waals surface area contributed by atoms with Crippen LogP contribution in [0.25, 0.3) is 0 Å². The van der Waals surface area contributed by atoms with Crippen molar-refractivity contribution >= 4 is 23.2 Å². The number of carboxylic acid groups (broad SMARTS) is 2. The first-order valence-electron chi connectivity index (χ1n) is 0.651. The zero-order chi connectivity index (χ0) is 3.58. The average Bonchev–Trinajstić information content (AvgIpc) is 0.811. The molecule has 0 rings (SSSR count). The molecule has 5 heavy (non-hydrogen) atoms. The predicted molar refractivity (Wildman–Crippen MR) is 20.3 cm³/mol. The Morgan fingerprint density at radius 1 is 1.60 bits per heavy atom. The summed E-state index contributed by atoms with van der Waals surface area (Å²) >= 11 is 0. The van der Waals surface area contributed by atoms with E-state index in [1.807, 2.05) is 0 Å². The summed E-state index contributed by atoms with van der Waals surface area (Å²) in [5, 5.41) is 13.9. The minimum atomic E-state index is -1.83. The van der Waals surface area contributed by atoms with E-state index in [2.05, 4.69) is 0 Å². The summed E-state index contributed by atoms with van der Waals surface area (Å²) in [5.74, 6) is 0. The van der Waals surface area contributed by atoms with Crippen molar-refractivity contribution in [2.24, 2.45) is 0 Å². The van der Waals surface area contributed by atoms with E-state index in [-0.39, 0.29) is 18.5 Å². The summed E-state index contributed by atoms with van der Waals surface area (Å²) in [5.41, 5.74) is 0. The van der Waals surface area contributed by atoms with Crippen LogP contribution in [0.5, 0.6) is 0 Å². The summed E-state index contributed by atoms with van der Waals surface area (Å²) in [6.07, 6.45) is -1.83. The normalized spacial score (nSPS) is 4.80. The molecule has 3 nitrogen and oxygen atoms in total. The molecule has 0 bridgehead atoms. The Balaban J connectivity index is -0.0000000450. The molecule has 0 heterocycles. The van der Waals surface area contributed by atoms with E-state index >= 15 is 0 Å². The second-order valence-corrected chi connectivity index (χ2v) is 0.283. The van der Waals surface area contributed by atoms with Crippen LogP contribution >= 0.6 is 0 Å². The molecule has 0 atom stereocenters. The first-order valence-corrected chi connectivity index (χ1v) is 0.651. The van der Waals surface area contributed by atoms with Gasteiger partial charge in [0.15, 0.2) is 0 Å². The fourth-order valence-corrected chi connectivity index (χ4v) is 0. The Bertz CT molecular complexity index is 33.8. The summed E-state index contributed by atoms with van der Waals surface area (Å²) in [4.78, 5) is 8.56. The van der Waals surface area contributed by atoms with Crippen molar-refractivity contribution in [2.75, 3.05) is 0 Å². The Labute approximate surface area is 40.6 Å². The zero-order valence-electron chi connectivity index (χ0n) is 3.30. The standard InChI is InChI=1S/CH2O3.H2Se/c2-1(3)4;/h(H2,2,3,4);1H2/p+1. The van der Waals surface area contributed by atoms with Crippen molar-refractivity contribution < 1.29 is 16.4 Å². The Morgan fingerprint density at radius 2 is 1.60 bits per heavy atom. The van der Waals surface area contributed by atoms with E-state index in [0.29, 0.717) is 0 Å². The first kappa shape index (κ1) is 8.84. The molecule has 32 valence electrons. The first-order chi connectivity index (χ1) is 1.73. The molecule has 0 aliphatic rings. The zero-order valence-corrected chi connectivity index (χ0v) is 4.40. The molecule has 0 unspecified atom stereocenters. The van der Waals surface area contributed by atoms with Crippen molar-refractivity contribution in [1.29, 1.82) is 0 Å². The van der Waals surface area contributed by atoms with Crippen LogP contribution in [-0.2, 0) is 0 Å². The van der Waals surface area contributed by atoms with Gasteiger partial charge in [0.05, 0.1) is 0 Å². The molecule has 0 spiro atoms. The van der Waals surface area contributed by atoms with Gasteiger partial charge in [0.25, 0.3) is 0 Å². The van der Waals surface area contributed by atoms with Crippen LogP contribution in [0.4, 0.5) is 4.79 Å². The van der Waals surface area contributed by atoms with E-state index in [4.69, 9.17) is 15.0 Å². The van der Waals surface area contributed by atoms with Gasteiger partial charge in [-0.3, -0.25) is 0 Å². The van der Waals surface area contributed by atoms with Crippen LogP contribution in [0, 0.1) is 0 Å². The molecule has 0 aromatic heterocycles. The molecule has 4 heteroatoms. The van der Waals surface area contributed by atoms with Gasteiger partial charge in [-0.25, -0.2) is 4.79 Å². The van der Waals surface area contributed by atoms with E-state index < -0.39 is 6.16 Å². The fraction of sp³-hybridized carbons (Fsp3) is 0. The molecular formula is CH5O3Se+. The molecule has 0 fully saturated rings. The molecule has 0 aromatic carbocycles. The van der Waals surface area contributed by atoms with Gasteiger partial charge < -0.3 is 10.2 Å². The van der Waals surface area contributed by atoms with Crippen molar-refractivity contribution in [3.05, 3.63) is 0 Å². The number of hydrogen-bond acceptors (Lipinski definition) is 1. The van der Waals surface area contributed by atoms with Gasteiger partial charge in [0.2, 0.25) is 0 Å². The average molecular weight is 144 g/mol. The third-order valence-electron chi connectivity index (χ3n) is 0. The molecular weight excluding hydrogens is 139 g/mol. The molecule has 0 radical (unpaired) electrons. The van der Waals surface area contributed by atoms with E-state index in [9.17, 15) is 0 Å². The molecule has 0 saturated carbocycles.